The Morgan fingerprint density at radius 3 is 1.41 bits per heavy atom. The Bertz CT molecular complexity index is 1180. The predicted molar refractivity (Wildman–Crippen MR) is 133 cm³/mol. The average Bonchev–Trinajstić information content (AvgIpc) is 3.06. The maximum absolute atomic E-state index is 6.28. The molecule has 0 spiro atoms. The Kier molecular flexibility index (Phi) is 4.69. The lowest BCUT2D eigenvalue weighted by atomic mass is 9.76. The van der Waals surface area contributed by atoms with Crippen LogP contribution in [0.25, 0.3) is 21.5 Å². The summed E-state index contributed by atoms with van der Waals surface area (Å²) in [5, 5.41) is 4.74. The van der Waals surface area contributed by atoms with E-state index >= 15 is 0 Å². The molecule has 0 aromatic heterocycles. The van der Waals surface area contributed by atoms with Gasteiger partial charge in [-0.3, -0.25) is 0 Å². The standard InChI is InChI=1S/C26H32B2O4/c1-23(2)24(3,4)30-27(29-23)19-13-14-21-18(15-19)10-9-17-11-12-20(16-22(17)21)28-31-25(5,6)26(7,8)32-28/h9-16H,1-8H3. The normalized spacial score (nSPS) is 23.4. The summed E-state index contributed by atoms with van der Waals surface area (Å²) < 4.78 is 25.1. The molecule has 6 heteroatoms. The maximum Gasteiger partial charge on any atom is 0.494 e. The van der Waals surface area contributed by atoms with Crippen LogP contribution in [0.3, 0.4) is 0 Å². The first-order valence-corrected chi connectivity index (χ1v) is 11.5. The van der Waals surface area contributed by atoms with Crippen LogP contribution in [0, 0.1) is 0 Å². The van der Waals surface area contributed by atoms with E-state index in [-0.39, 0.29) is 36.6 Å². The third kappa shape index (κ3) is 3.31. The van der Waals surface area contributed by atoms with Crippen LogP contribution in [0.15, 0.2) is 48.5 Å². The van der Waals surface area contributed by atoms with Gasteiger partial charge in [-0.15, -0.1) is 0 Å². The molecule has 0 aliphatic carbocycles. The van der Waals surface area contributed by atoms with Crippen molar-refractivity contribution >= 4 is 46.7 Å². The minimum Gasteiger partial charge on any atom is -0.399 e. The second kappa shape index (κ2) is 6.83. The molecule has 0 bridgehead atoms. The lowest BCUT2D eigenvalue weighted by molar-refractivity contribution is 0.00578. The molecule has 0 radical (unpaired) electrons. The molecular formula is C26H32B2O4. The molecule has 2 aliphatic heterocycles. The SMILES string of the molecule is CC1(C)OB(c2ccc3c(ccc4ccc(B5OC(C)(C)C(C)(C)O5)cc43)c2)OC1(C)C. The van der Waals surface area contributed by atoms with Gasteiger partial charge in [-0.25, -0.2) is 0 Å². The van der Waals surface area contributed by atoms with Gasteiger partial charge in [0.05, 0.1) is 22.4 Å². The van der Waals surface area contributed by atoms with Gasteiger partial charge in [-0.05, 0) is 87.9 Å². The van der Waals surface area contributed by atoms with Gasteiger partial charge in [0, 0.05) is 0 Å². The van der Waals surface area contributed by atoms with E-state index in [0.29, 0.717) is 0 Å². The molecule has 3 aromatic carbocycles. The van der Waals surface area contributed by atoms with Gasteiger partial charge in [0.1, 0.15) is 0 Å². The maximum atomic E-state index is 6.28. The van der Waals surface area contributed by atoms with Gasteiger partial charge in [0.2, 0.25) is 0 Å². The van der Waals surface area contributed by atoms with E-state index in [4.69, 9.17) is 18.6 Å². The highest BCUT2D eigenvalue weighted by Crippen LogP contribution is 2.38. The van der Waals surface area contributed by atoms with E-state index in [1.54, 1.807) is 0 Å². The van der Waals surface area contributed by atoms with Crippen LogP contribution >= 0.6 is 0 Å². The van der Waals surface area contributed by atoms with Gasteiger partial charge < -0.3 is 18.6 Å². The summed E-state index contributed by atoms with van der Waals surface area (Å²) in [5.74, 6) is 0. The van der Waals surface area contributed by atoms with Crippen LogP contribution in [0.2, 0.25) is 0 Å². The second-order valence-corrected chi connectivity index (χ2v) is 11.2. The first-order chi connectivity index (χ1) is 14.8. The van der Waals surface area contributed by atoms with Crippen LogP contribution in [0.4, 0.5) is 0 Å². The monoisotopic (exact) mass is 430 g/mol. The van der Waals surface area contributed by atoms with Crippen molar-refractivity contribution in [1.29, 1.82) is 0 Å². The van der Waals surface area contributed by atoms with Crippen LogP contribution < -0.4 is 10.9 Å². The van der Waals surface area contributed by atoms with Crippen molar-refractivity contribution in [3.63, 3.8) is 0 Å². The number of hydrogen-bond acceptors (Lipinski definition) is 4. The van der Waals surface area contributed by atoms with Gasteiger partial charge in [-0.1, -0.05) is 48.5 Å². The van der Waals surface area contributed by atoms with Gasteiger partial charge in [0.15, 0.2) is 0 Å². The van der Waals surface area contributed by atoms with Crippen molar-refractivity contribution in [3.05, 3.63) is 48.5 Å². The van der Waals surface area contributed by atoms with Crippen molar-refractivity contribution < 1.29 is 18.6 Å². The highest BCUT2D eigenvalue weighted by Gasteiger charge is 2.52. The lowest BCUT2D eigenvalue weighted by Crippen LogP contribution is -2.41. The zero-order valence-corrected chi connectivity index (χ0v) is 20.4. The quantitative estimate of drug-likeness (QED) is 0.441. The minimum atomic E-state index is -0.372. The molecule has 2 heterocycles. The van der Waals surface area contributed by atoms with E-state index in [2.05, 4.69) is 104 Å². The Morgan fingerprint density at radius 2 is 0.875 bits per heavy atom. The summed E-state index contributed by atoms with van der Waals surface area (Å²) in [5.41, 5.74) is 0.657. The second-order valence-electron chi connectivity index (χ2n) is 11.2. The highest BCUT2D eigenvalue weighted by atomic mass is 16.7. The molecule has 2 saturated heterocycles. The van der Waals surface area contributed by atoms with Crippen molar-refractivity contribution in [2.45, 2.75) is 77.8 Å². The molecule has 5 rings (SSSR count). The van der Waals surface area contributed by atoms with Gasteiger partial charge in [0.25, 0.3) is 0 Å². The van der Waals surface area contributed by atoms with Crippen LogP contribution in [0.1, 0.15) is 55.4 Å². The molecule has 0 N–H and O–H groups in total. The molecule has 166 valence electrons. The molecule has 0 atom stereocenters. The fourth-order valence-corrected chi connectivity index (χ4v) is 4.35. The Balaban J connectivity index is 1.53. The van der Waals surface area contributed by atoms with Crippen molar-refractivity contribution in [2.24, 2.45) is 0 Å². The number of hydrogen-bond donors (Lipinski definition) is 0. The summed E-state index contributed by atoms with van der Waals surface area (Å²) in [6.45, 7) is 16.7. The molecule has 2 aliphatic rings. The predicted octanol–water partition coefficient (Wildman–Crippen LogP) is 4.59. The number of rotatable bonds is 2. The van der Waals surface area contributed by atoms with E-state index in [1.165, 1.54) is 16.2 Å². The van der Waals surface area contributed by atoms with Crippen LogP contribution in [0.5, 0.6) is 0 Å². The number of benzene rings is 3. The summed E-state index contributed by atoms with van der Waals surface area (Å²) in [6.07, 6.45) is 0. The van der Waals surface area contributed by atoms with Crippen molar-refractivity contribution in [3.8, 4) is 0 Å². The smallest absolute Gasteiger partial charge is 0.399 e. The minimum absolute atomic E-state index is 0.353. The summed E-state index contributed by atoms with van der Waals surface area (Å²) in [7, 11) is -0.736. The first kappa shape index (κ1) is 22.0. The first-order valence-electron chi connectivity index (χ1n) is 11.5. The van der Waals surface area contributed by atoms with Gasteiger partial charge in [-0.2, -0.15) is 0 Å². The third-order valence-corrected chi connectivity index (χ3v) is 7.94. The number of fused-ring (bicyclic) bond motifs is 3. The molecule has 2 fully saturated rings. The Hall–Kier alpha value is -1.85. The van der Waals surface area contributed by atoms with Crippen LogP contribution in [-0.4, -0.2) is 36.6 Å². The topological polar surface area (TPSA) is 36.9 Å². The molecule has 0 amide bonds. The van der Waals surface area contributed by atoms with E-state index < -0.39 is 0 Å². The Morgan fingerprint density at radius 1 is 0.469 bits per heavy atom. The van der Waals surface area contributed by atoms with Gasteiger partial charge >= 0.3 is 14.2 Å². The largest absolute Gasteiger partial charge is 0.494 e. The summed E-state index contributed by atoms with van der Waals surface area (Å²) in [4.78, 5) is 0. The van der Waals surface area contributed by atoms with Crippen molar-refractivity contribution in [2.75, 3.05) is 0 Å². The molecule has 0 saturated carbocycles. The fraction of sp³-hybridized carbons (Fsp3) is 0.462. The molecular weight excluding hydrogens is 398 g/mol. The summed E-state index contributed by atoms with van der Waals surface area (Å²) in [6, 6.07) is 17.3. The van der Waals surface area contributed by atoms with E-state index in [1.807, 2.05) is 0 Å². The molecule has 0 unspecified atom stereocenters. The fourth-order valence-electron chi connectivity index (χ4n) is 4.35. The van der Waals surface area contributed by atoms with E-state index in [9.17, 15) is 0 Å². The molecule has 3 aromatic rings. The zero-order chi connectivity index (χ0) is 23.1. The summed E-state index contributed by atoms with van der Waals surface area (Å²) >= 11 is 0. The Labute approximate surface area is 191 Å². The average molecular weight is 430 g/mol. The zero-order valence-electron chi connectivity index (χ0n) is 20.4. The molecule has 32 heavy (non-hydrogen) atoms. The molecule has 4 nitrogen and oxygen atoms in total. The van der Waals surface area contributed by atoms with Crippen LogP contribution in [-0.2, 0) is 18.6 Å². The van der Waals surface area contributed by atoms with E-state index in [0.717, 1.165) is 16.3 Å². The lowest BCUT2D eigenvalue weighted by Gasteiger charge is -2.32. The third-order valence-electron chi connectivity index (χ3n) is 7.94. The highest BCUT2D eigenvalue weighted by molar-refractivity contribution is 6.63. The van der Waals surface area contributed by atoms with Crippen molar-refractivity contribution in [1.82, 2.24) is 0 Å².